The molecule has 0 aliphatic carbocycles. The van der Waals surface area contributed by atoms with E-state index in [-0.39, 0.29) is 12.4 Å². The quantitative estimate of drug-likeness (QED) is 0.358. The van der Waals surface area contributed by atoms with Crippen molar-refractivity contribution in [1.82, 2.24) is 5.43 Å². The number of ether oxygens (including phenoxy) is 1. The van der Waals surface area contributed by atoms with Crippen molar-refractivity contribution < 1.29 is 26.9 Å². The molecule has 2 aromatic carbocycles. The molecule has 9 heteroatoms. The molecule has 0 aliphatic heterocycles. The van der Waals surface area contributed by atoms with E-state index in [0.717, 1.165) is 23.4 Å². The van der Waals surface area contributed by atoms with Crippen molar-refractivity contribution in [3.8, 4) is 16.9 Å². The van der Waals surface area contributed by atoms with Gasteiger partial charge >= 0.3 is 10.1 Å². The van der Waals surface area contributed by atoms with Gasteiger partial charge in [-0.05, 0) is 35.4 Å². The Bertz CT molecular complexity index is 1070. The lowest BCUT2D eigenvalue weighted by Gasteiger charge is -2.06. The number of amides is 1. The molecule has 0 aliphatic rings. The first-order chi connectivity index (χ1) is 13.4. The Morgan fingerprint density at radius 3 is 2.36 bits per heavy atom. The highest BCUT2D eigenvalue weighted by molar-refractivity contribution is 7.85. The van der Waals surface area contributed by atoms with Crippen LogP contribution in [0.2, 0.25) is 0 Å². The van der Waals surface area contributed by atoms with Crippen LogP contribution in [0.1, 0.15) is 5.76 Å². The van der Waals surface area contributed by atoms with Crippen molar-refractivity contribution in [2.24, 2.45) is 5.10 Å². The summed E-state index contributed by atoms with van der Waals surface area (Å²) in [6.07, 6.45) is 1.10. The van der Waals surface area contributed by atoms with E-state index in [1.54, 1.807) is 12.1 Å². The third kappa shape index (κ3) is 5.29. The fraction of sp³-hybridized carbons (Fsp3) is 0.0526. The number of nitrogens with one attached hydrogen (secondary N) is 1. The topological polar surface area (TPSA) is 118 Å². The largest absolute Gasteiger partial charge is 0.484 e. The molecular formula is C19H16N2O6S. The predicted octanol–water partition coefficient (Wildman–Crippen LogP) is 2.72. The van der Waals surface area contributed by atoms with E-state index in [1.807, 2.05) is 42.5 Å². The standard InChI is InChI=1S/C19H16N2O6S/c22-18(21-20-12-17-10-11-19(27-17)28(23,24)25)13-26-16-8-6-15(7-9-16)14-4-2-1-3-5-14/h1-12H,13H2,(H,21,22)(H,23,24,25). The molecule has 1 amide bonds. The van der Waals surface area contributed by atoms with Crippen molar-refractivity contribution in [1.29, 1.82) is 0 Å². The van der Waals surface area contributed by atoms with E-state index >= 15 is 0 Å². The van der Waals surface area contributed by atoms with E-state index in [9.17, 15) is 13.2 Å². The summed E-state index contributed by atoms with van der Waals surface area (Å²) in [5.41, 5.74) is 4.33. The average Bonchev–Trinajstić information content (AvgIpc) is 3.17. The van der Waals surface area contributed by atoms with Crippen LogP contribution in [0.25, 0.3) is 11.1 Å². The number of hydrazone groups is 1. The highest BCUT2D eigenvalue weighted by Crippen LogP contribution is 2.21. The fourth-order valence-corrected chi connectivity index (χ4v) is 2.71. The van der Waals surface area contributed by atoms with Gasteiger partial charge in [-0.1, -0.05) is 42.5 Å². The average molecular weight is 400 g/mol. The minimum Gasteiger partial charge on any atom is -0.484 e. The molecule has 28 heavy (non-hydrogen) atoms. The van der Waals surface area contributed by atoms with Crippen LogP contribution in [0.15, 0.2) is 81.3 Å². The zero-order valence-electron chi connectivity index (χ0n) is 14.5. The number of carbonyl (C=O) groups is 1. The minimum absolute atomic E-state index is 0.0466. The second-order valence-corrected chi connectivity index (χ2v) is 6.96. The molecule has 8 nitrogen and oxygen atoms in total. The van der Waals surface area contributed by atoms with Gasteiger partial charge in [0.15, 0.2) is 6.61 Å². The first-order valence-corrected chi connectivity index (χ1v) is 9.53. The van der Waals surface area contributed by atoms with Gasteiger partial charge in [-0.15, -0.1) is 0 Å². The summed E-state index contributed by atoms with van der Waals surface area (Å²) < 4.78 is 40.8. The number of nitrogens with zero attached hydrogens (tertiary/aromatic N) is 1. The lowest BCUT2D eigenvalue weighted by molar-refractivity contribution is -0.123. The van der Waals surface area contributed by atoms with E-state index in [0.29, 0.717) is 5.75 Å². The van der Waals surface area contributed by atoms with E-state index < -0.39 is 21.1 Å². The lowest BCUT2D eigenvalue weighted by Crippen LogP contribution is -2.24. The maximum absolute atomic E-state index is 11.7. The molecule has 0 saturated heterocycles. The molecule has 3 rings (SSSR count). The maximum Gasteiger partial charge on any atom is 0.328 e. The van der Waals surface area contributed by atoms with Crippen LogP contribution in [-0.4, -0.2) is 31.7 Å². The summed E-state index contributed by atoms with van der Waals surface area (Å²) in [6.45, 7) is -0.254. The molecule has 2 N–H and O–H groups in total. The fourth-order valence-electron chi connectivity index (χ4n) is 2.27. The highest BCUT2D eigenvalue weighted by Gasteiger charge is 2.14. The summed E-state index contributed by atoms with van der Waals surface area (Å²) in [7, 11) is -4.42. The minimum atomic E-state index is -4.42. The van der Waals surface area contributed by atoms with E-state index in [1.165, 1.54) is 6.07 Å². The zero-order chi connectivity index (χ0) is 20.0. The van der Waals surface area contributed by atoms with Gasteiger partial charge in [0.25, 0.3) is 5.91 Å². The van der Waals surface area contributed by atoms with Crippen molar-refractivity contribution in [2.45, 2.75) is 5.09 Å². The van der Waals surface area contributed by atoms with Gasteiger partial charge in [0.1, 0.15) is 11.5 Å². The van der Waals surface area contributed by atoms with Crippen LogP contribution in [-0.2, 0) is 14.9 Å². The predicted molar refractivity (Wildman–Crippen MR) is 102 cm³/mol. The van der Waals surface area contributed by atoms with Crippen molar-refractivity contribution >= 4 is 22.2 Å². The second-order valence-electron chi connectivity index (χ2n) is 5.60. The summed E-state index contributed by atoms with van der Waals surface area (Å²) in [5.74, 6) is 0.0675. The number of hydrogen-bond donors (Lipinski definition) is 2. The Morgan fingerprint density at radius 1 is 1.04 bits per heavy atom. The maximum atomic E-state index is 11.7. The Hall–Kier alpha value is -3.43. The SMILES string of the molecule is O=C(COc1ccc(-c2ccccc2)cc1)NN=Cc1ccc(S(=O)(=O)O)o1. The molecule has 1 aromatic heterocycles. The Balaban J connectivity index is 1.48. The van der Waals surface area contributed by atoms with Crippen LogP contribution in [0.4, 0.5) is 0 Å². The van der Waals surface area contributed by atoms with Crippen LogP contribution < -0.4 is 10.2 Å². The van der Waals surface area contributed by atoms with Crippen LogP contribution in [0.5, 0.6) is 5.75 Å². The lowest BCUT2D eigenvalue weighted by atomic mass is 10.1. The third-order valence-corrected chi connectivity index (χ3v) is 4.30. The Morgan fingerprint density at radius 2 is 1.71 bits per heavy atom. The number of furan rings is 1. The Labute approximate surface area is 161 Å². The van der Waals surface area contributed by atoms with Crippen LogP contribution in [0, 0.1) is 0 Å². The van der Waals surface area contributed by atoms with Gasteiger partial charge in [0, 0.05) is 0 Å². The molecule has 0 spiro atoms. The van der Waals surface area contributed by atoms with Crippen LogP contribution >= 0.6 is 0 Å². The number of benzene rings is 2. The first-order valence-electron chi connectivity index (χ1n) is 8.09. The number of rotatable bonds is 7. The van der Waals surface area contributed by atoms with Gasteiger partial charge in [0.05, 0.1) is 6.21 Å². The monoisotopic (exact) mass is 400 g/mol. The second kappa shape index (κ2) is 8.51. The Kier molecular flexibility index (Phi) is 5.87. The zero-order valence-corrected chi connectivity index (χ0v) is 15.3. The van der Waals surface area contributed by atoms with E-state index in [2.05, 4.69) is 10.5 Å². The molecule has 0 saturated carbocycles. The molecule has 144 valence electrons. The first kappa shape index (κ1) is 19.3. The van der Waals surface area contributed by atoms with Gasteiger partial charge in [-0.3, -0.25) is 9.35 Å². The third-order valence-electron chi connectivity index (χ3n) is 3.57. The molecule has 0 unspecified atom stereocenters. The molecular weight excluding hydrogens is 384 g/mol. The normalized spacial score (nSPS) is 11.5. The number of carbonyl (C=O) groups excluding carboxylic acids is 1. The molecule has 3 aromatic rings. The van der Waals surface area contributed by atoms with Gasteiger partial charge < -0.3 is 9.15 Å². The van der Waals surface area contributed by atoms with Gasteiger partial charge in [-0.2, -0.15) is 13.5 Å². The summed E-state index contributed by atoms with van der Waals surface area (Å²) in [4.78, 5) is 11.7. The van der Waals surface area contributed by atoms with Crippen molar-refractivity contribution in [3.05, 3.63) is 72.5 Å². The summed E-state index contributed by atoms with van der Waals surface area (Å²) >= 11 is 0. The summed E-state index contributed by atoms with van der Waals surface area (Å²) in [6, 6.07) is 19.5. The van der Waals surface area contributed by atoms with Gasteiger partial charge in [-0.25, -0.2) is 5.43 Å². The molecule has 1 heterocycles. The summed E-state index contributed by atoms with van der Waals surface area (Å²) in [5, 5.41) is 3.02. The number of hydrogen-bond acceptors (Lipinski definition) is 6. The van der Waals surface area contributed by atoms with Crippen molar-refractivity contribution in [3.63, 3.8) is 0 Å². The van der Waals surface area contributed by atoms with Gasteiger partial charge in [0.2, 0.25) is 5.09 Å². The highest BCUT2D eigenvalue weighted by atomic mass is 32.2. The van der Waals surface area contributed by atoms with E-state index in [4.69, 9.17) is 13.7 Å². The molecule has 0 atom stereocenters. The molecule has 0 fully saturated rings. The molecule has 0 bridgehead atoms. The molecule has 0 radical (unpaired) electrons. The van der Waals surface area contributed by atoms with Crippen molar-refractivity contribution in [2.75, 3.05) is 6.61 Å². The van der Waals surface area contributed by atoms with Crippen LogP contribution in [0.3, 0.4) is 0 Å². The smallest absolute Gasteiger partial charge is 0.328 e.